The molecule has 0 saturated carbocycles. The largest absolute Gasteiger partial charge is 0.462 e. The second-order valence-electron chi connectivity index (χ2n) is 2.56. The highest BCUT2D eigenvalue weighted by molar-refractivity contribution is 5.81. The van der Waals surface area contributed by atoms with E-state index in [1.54, 1.807) is 12.2 Å². The molecule has 92 valence electrons. The number of carbonyl (C=O) groups excluding carboxylic acids is 1. The quantitative estimate of drug-likeness (QED) is 0.296. The number of hydrogen-bond donors (Lipinski definition) is 1. The molecule has 4 nitrogen and oxygen atoms in total. The third kappa shape index (κ3) is 18.4. The molecule has 0 atom stereocenters. The average molecular weight is 228 g/mol. The molecule has 0 aromatic rings. The van der Waals surface area contributed by atoms with Crippen molar-refractivity contribution >= 4 is 5.97 Å². The summed E-state index contributed by atoms with van der Waals surface area (Å²) in [4.78, 5) is 10.3. The minimum Gasteiger partial charge on any atom is -0.462 e. The minimum absolute atomic E-state index is 0.0461. The molecule has 4 heteroatoms. The molecule has 0 bridgehead atoms. The number of esters is 1. The number of carbonyl (C=O) groups is 1. The van der Waals surface area contributed by atoms with Gasteiger partial charge in [0.2, 0.25) is 0 Å². The Bertz CT molecular complexity index is 191. The number of aliphatic hydroxyl groups excluding tert-OH is 1. The van der Waals surface area contributed by atoms with Crippen LogP contribution >= 0.6 is 0 Å². The van der Waals surface area contributed by atoms with Gasteiger partial charge in [-0.2, -0.15) is 0 Å². The predicted octanol–water partition coefficient (Wildman–Crippen LogP) is 1.47. The van der Waals surface area contributed by atoms with E-state index in [0.717, 1.165) is 6.08 Å². The molecule has 0 aromatic heterocycles. The molecule has 0 aromatic carbocycles. The van der Waals surface area contributed by atoms with Crippen LogP contribution in [-0.2, 0) is 14.3 Å². The fourth-order valence-corrected chi connectivity index (χ4v) is 0.531. The average Bonchev–Trinajstić information content (AvgIpc) is 2.31. The van der Waals surface area contributed by atoms with Crippen molar-refractivity contribution < 1.29 is 19.4 Å². The summed E-state index contributed by atoms with van der Waals surface area (Å²) in [6.07, 6.45) is 5.00. The van der Waals surface area contributed by atoms with Gasteiger partial charge in [-0.05, 0) is 0 Å². The number of rotatable bonds is 8. The summed E-state index contributed by atoms with van der Waals surface area (Å²) < 4.78 is 9.41. The van der Waals surface area contributed by atoms with Gasteiger partial charge in [-0.3, -0.25) is 0 Å². The second kappa shape index (κ2) is 16.1. The first-order valence-electron chi connectivity index (χ1n) is 4.92. The van der Waals surface area contributed by atoms with Gasteiger partial charge in [0, 0.05) is 19.1 Å². The van der Waals surface area contributed by atoms with Crippen LogP contribution in [-0.4, -0.2) is 37.5 Å². The number of aliphatic hydroxyl groups is 1. The lowest BCUT2D eigenvalue weighted by atomic mass is 10.5. The maximum atomic E-state index is 10.3. The monoisotopic (exact) mass is 228 g/mol. The molecule has 0 aliphatic rings. The summed E-state index contributed by atoms with van der Waals surface area (Å²) in [5.41, 5.74) is 0. The lowest BCUT2D eigenvalue weighted by Gasteiger charge is -1.96. The standard InChI is InChI=1S/C6H10O3.C6H10O/c1-2-6(8)9-5-3-4-7;1-3-5-7-6-4-2/h2,7H,1,3-5H2;3-4H,1-2,5-6H2. The Kier molecular flexibility index (Phi) is 17.1. The number of hydrogen-bond acceptors (Lipinski definition) is 4. The van der Waals surface area contributed by atoms with Crippen molar-refractivity contribution in [3.8, 4) is 0 Å². The Balaban J connectivity index is 0. The van der Waals surface area contributed by atoms with E-state index in [2.05, 4.69) is 24.5 Å². The molecule has 0 aliphatic carbocycles. The number of ether oxygens (including phenoxy) is 2. The van der Waals surface area contributed by atoms with Gasteiger partial charge in [-0.15, -0.1) is 13.2 Å². The highest BCUT2D eigenvalue weighted by Gasteiger charge is 1.91. The summed E-state index contributed by atoms with van der Waals surface area (Å²) in [7, 11) is 0. The second-order valence-corrected chi connectivity index (χ2v) is 2.56. The van der Waals surface area contributed by atoms with E-state index in [9.17, 15) is 4.79 Å². The van der Waals surface area contributed by atoms with Crippen molar-refractivity contribution in [1.29, 1.82) is 0 Å². The van der Waals surface area contributed by atoms with E-state index in [0.29, 0.717) is 19.6 Å². The van der Waals surface area contributed by atoms with Crippen molar-refractivity contribution in [1.82, 2.24) is 0 Å². The summed E-state index contributed by atoms with van der Waals surface area (Å²) in [5.74, 6) is -0.441. The molecule has 0 unspecified atom stereocenters. The van der Waals surface area contributed by atoms with Crippen molar-refractivity contribution in [2.45, 2.75) is 6.42 Å². The topological polar surface area (TPSA) is 55.8 Å². The third-order valence-electron chi connectivity index (χ3n) is 1.18. The molecular formula is C12H20O4. The normalized spacial score (nSPS) is 8.31. The van der Waals surface area contributed by atoms with Gasteiger partial charge >= 0.3 is 5.97 Å². The highest BCUT2D eigenvalue weighted by atomic mass is 16.5. The Morgan fingerprint density at radius 3 is 2.12 bits per heavy atom. The van der Waals surface area contributed by atoms with Gasteiger partial charge in [0.1, 0.15) is 0 Å². The van der Waals surface area contributed by atoms with Crippen LogP contribution in [0.1, 0.15) is 6.42 Å². The van der Waals surface area contributed by atoms with Gasteiger partial charge in [-0.1, -0.05) is 18.7 Å². The third-order valence-corrected chi connectivity index (χ3v) is 1.18. The van der Waals surface area contributed by atoms with Crippen molar-refractivity contribution in [2.24, 2.45) is 0 Å². The maximum absolute atomic E-state index is 10.3. The fourth-order valence-electron chi connectivity index (χ4n) is 0.531. The molecule has 1 N–H and O–H groups in total. The van der Waals surface area contributed by atoms with Gasteiger partial charge in [0.15, 0.2) is 0 Å². The molecule has 16 heavy (non-hydrogen) atoms. The lowest BCUT2D eigenvalue weighted by Crippen LogP contribution is -2.02. The minimum atomic E-state index is -0.441. The van der Waals surface area contributed by atoms with Gasteiger partial charge in [-0.25, -0.2) is 4.79 Å². The Labute approximate surface area is 96.9 Å². The molecule has 0 aliphatic heterocycles. The lowest BCUT2D eigenvalue weighted by molar-refractivity contribution is -0.137. The predicted molar refractivity (Wildman–Crippen MR) is 64.1 cm³/mol. The van der Waals surface area contributed by atoms with Gasteiger partial charge in [0.05, 0.1) is 19.8 Å². The fraction of sp³-hybridized carbons (Fsp3) is 0.417. The molecule has 0 radical (unpaired) electrons. The zero-order valence-electron chi connectivity index (χ0n) is 9.56. The Morgan fingerprint density at radius 2 is 1.75 bits per heavy atom. The van der Waals surface area contributed by atoms with Crippen molar-refractivity contribution in [2.75, 3.05) is 26.4 Å². The highest BCUT2D eigenvalue weighted by Crippen LogP contribution is 1.82. The van der Waals surface area contributed by atoms with E-state index in [4.69, 9.17) is 9.84 Å². The zero-order valence-corrected chi connectivity index (χ0v) is 9.56. The first-order chi connectivity index (χ1) is 7.72. The molecule has 0 saturated heterocycles. The van der Waals surface area contributed by atoms with E-state index in [1.807, 2.05) is 0 Å². The van der Waals surface area contributed by atoms with E-state index < -0.39 is 5.97 Å². The smallest absolute Gasteiger partial charge is 0.330 e. The van der Waals surface area contributed by atoms with Crippen LogP contribution in [0.3, 0.4) is 0 Å². The first kappa shape index (κ1) is 17.0. The van der Waals surface area contributed by atoms with Crippen LogP contribution in [0.2, 0.25) is 0 Å². The van der Waals surface area contributed by atoms with Crippen LogP contribution in [0.4, 0.5) is 0 Å². The zero-order chi connectivity index (χ0) is 12.6. The molecular weight excluding hydrogens is 208 g/mol. The van der Waals surface area contributed by atoms with E-state index in [1.165, 1.54) is 0 Å². The summed E-state index contributed by atoms with van der Waals surface area (Å²) in [6, 6.07) is 0. The Hall–Kier alpha value is -1.39. The van der Waals surface area contributed by atoms with Gasteiger partial charge in [0.25, 0.3) is 0 Å². The summed E-state index contributed by atoms with van der Waals surface area (Å²) in [6.45, 7) is 11.7. The molecule has 0 rings (SSSR count). The first-order valence-corrected chi connectivity index (χ1v) is 4.92. The Morgan fingerprint density at radius 1 is 1.19 bits per heavy atom. The van der Waals surface area contributed by atoms with Crippen LogP contribution < -0.4 is 0 Å². The van der Waals surface area contributed by atoms with Crippen LogP contribution in [0.25, 0.3) is 0 Å². The summed E-state index contributed by atoms with van der Waals surface area (Å²) >= 11 is 0. The van der Waals surface area contributed by atoms with E-state index >= 15 is 0 Å². The molecule has 0 amide bonds. The van der Waals surface area contributed by atoms with Gasteiger partial charge < -0.3 is 14.6 Å². The van der Waals surface area contributed by atoms with Crippen LogP contribution in [0, 0.1) is 0 Å². The SMILES string of the molecule is C=CC(=O)OCCCO.C=CCOCC=C. The molecule has 0 fully saturated rings. The van der Waals surface area contributed by atoms with E-state index in [-0.39, 0.29) is 13.2 Å². The summed E-state index contributed by atoms with van der Waals surface area (Å²) in [5, 5.41) is 8.23. The van der Waals surface area contributed by atoms with Crippen molar-refractivity contribution in [3.05, 3.63) is 38.0 Å². The molecule has 0 spiro atoms. The van der Waals surface area contributed by atoms with Crippen molar-refractivity contribution in [3.63, 3.8) is 0 Å². The van der Waals surface area contributed by atoms with Crippen LogP contribution in [0.15, 0.2) is 38.0 Å². The van der Waals surface area contributed by atoms with Crippen LogP contribution in [0.5, 0.6) is 0 Å². The molecule has 0 heterocycles. The maximum Gasteiger partial charge on any atom is 0.330 e.